The first-order valence-electron chi connectivity index (χ1n) is 6.45. The molecule has 4 heteroatoms. The number of aliphatic hydroxyl groups excluding tert-OH is 1. The Morgan fingerprint density at radius 2 is 2.28 bits per heavy atom. The molecule has 2 atom stereocenters. The molecule has 1 N–H and O–H groups in total. The van der Waals surface area contributed by atoms with Gasteiger partial charge in [0.15, 0.2) is 11.5 Å². The van der Waals surface area contributed by atoms with Crippen LogP contribution in [0.15, 0.2) is 28.7 Å². The Hall–Kier alpha value is -1.39. The summed E-state index contributed by atoms with van der Waals surface area (Å²) in [5.74, 6) is 0.599. The zero-order valence-electron chi connectivity index (χ0n) is 10.2. The van der Waals surface area contributed by atoms with E-state index in [1.165, 1.54) is 0 Å². The van der Waals surface area contributed by atoms with E-state index in [9.17, 15) is 5.11 Å². The average molecular weight is 247 g/mol. The van der Waals surface area contributed by atoms with Crippen LogP contribution in [0.2, 0.25) is 0 Å². The van der Waals surface area contributed by atoms with Crippen LogP contribution in [-0.2, 0) is 11.2 Å². The fourth-order valence-electron chi connectivity index (χ4n) is 2.43. The predicted octanol–water partition coefficient (Wildman–Crippen LogP) is 2.30. The molecule has 1 aliphatic rings. The molecule has 2 unspecified atom stereocenters. The van der Waals surface area contributed by atoms with Crippen LogP contribution < -0.4 is 0 Å². The van der Waals surface area contributed by atoms with Gasteiger partial charge in [0.05, 0.1) is 18.6 Å². The molecule has 0 saturated carbocycles. The minimum Gasteiger partial charge on any atom is -0.441 e. The first-order valence-corrected chi connectivity index (χ1v) is 6.45. The number of para-hydroxylation sites is 2. The minimum atomic E-state index is -0.443. The molecule has 0 aliphatic carbocycles. The van der Waals surface area contributed by atoms with Crippen molar-refractivity contribution in [3.8, 4) is 0 Å². The lowest BCUT2D eigenvalue weighted by molar-refractivity contribution is 0.0519. The van der Waals surface area contributed by atoms with Crippen LogP contribution in [0.5, 0.6) is 0 Å². The van der Waals surface area contributed by atoms with Crippen molar-refractivity contribution >= 4 is 11.1 Å². The third kappa shape index (κ3) is 2.54. The zero-order valence-corrected chi connectivity index (χ0v) is 10.2. The number of fused-ring (bicyclic) bond motifs is 1. The summed E-state index contributed by atoms with van der Waals surface area (Å²) in [7, 11) is 0. The number of benzene rings is 1. The fraction of sp³-hybridized carbons (Fsp3) is 0.500. The van der Waals surface area contributed by atoms with E-state index in [4.69, 9.17) is 9.15 Å². The molecule has 4 nitrogen and oxygen atoms in total. The van der Waals surface area contributed by atoms with Crippen molar-refractivity contribution in [3.63, 3.8) is 0 Å². The summed E-state index contributed by atoms with van der Waals surface area (Å²) in [6.45, 7) is 0.820. The highest BCUT2D eigenvalue weighted by Crippen LogP contribution is 2.20. The van der Waals surface area contributed by atoms with Gasteiger partial charge in [0.2, 0.25) is 0 Å². The van der Waals surface area contributed by atoms with Gasteiger partial charge in [0.25, 0.3) is 0 Å². The van der Waals surface area contributed by atoms with Crippen LogP contribution in [0.1, 0.15) is 25.2 Å². The topological polar surface area (TPSA) is 55.5 Å². The molecular weight excluding hydrogens is 230 g/mol. The van der Waals surface area contributed by atoms with Crippen LogP contribution in [0.4, 0.5) is 0 Å². The number of hydrogen-bond acceptors (Lipinski definition) is 4. The van der Waals surface area contributed by atoms with Gasteiger partial charge in [-0.2, -0.15) is 0 Å². The van der Waals surface area contributed by atoms with Crippen LogP contribution >= 0.6 is 0 Å². The van der Waals surface area contributed by atoms with Gasteiger partial charge in [-0.1, -0.05) is 12.1 Å². The lowest BCUT2D eigenvalue weighted by atomic mass is 10.1. The molecule has 96 valence electrons. The van der Waals surface area contributed by atoms with Crippen LogP contribution in [0, 0.1) is 0 Å². The van der Waals surface area contributed by atoms with Crippen molar-refractivity contribution < 1.29 is 14.3 Å². The number of aliphatic hydroxyl groups is 1. The van der Waals surface area contributed by atoms with E-state index >= 15 is 0 Å². The molecule has 0 bridgehead atoms. The number of nitrogens with zero attached hydrogens (tertiary/aromatic N) is 1. The summed E-state index contributed by atoms with van der Waals surface area (Å²) >= 11 is 0. The smallest absolute Gasteiger partial charge is 0.198 e. The Bertz CT molecular complexity index is 483. The summed E-state index contributed by atoms with van der Waals surface area (Å²) < 4.78 is 11.1. The van der Waals surface area contributed by atoms with Crippen molar-refractivity contribution in [1.29, 1.82) is 0 Å². The Morgan fingerprint density at radius 1 is 1.39 bits per heavy atom. The molecule has 0 radical (unpaired) electrons. The van der Waals surface area contributed by atoms with Crippen LogP contribution in [0.25, 0.3) is 11.1 Å². The summed E-state index contributed by atoms with van der Waals surface area (Å²) in [6.07, 6.45) is 3.02. The molecule has 1 aromatic heterocycles. The molecule has 0 spiro atoms. The molecule has 18 heavy (non-hydrogen) atoms. The summed E-state index contributed by atoms with van der Waals surface area (Å²) in [5.41, 5.74) is 1.62. The van der Waals surface area contributed by atoms with Crippen molar-refractivity contribution in [2.75, 3.05) is 6.61 Å². The Balaban J connectivity index is 1.64. The highest BCUT2D eigenvalue weighted by Gasteiger charge is 2.21. The third-order valence-electron chi connectivity index (χ3n) is 3.31. The van der Waals surface area contributed by atoms with E-state index < -0.39 is 6.10 Å². The normalized spacial score (nSPS) is 21.5. The lowest BCUT2D eigenvalue weighted by Gasteiger charge is -2.13. The molecule has 1 saturated heterocycles. The van der Waals surface area contributed by atoms with Gasteiger partial charge < -0.3 is 14.3 Å². The fourth-order valence-corrected chi connectivity index (χ4v) is 2.43. The predicted molar refractivity (Wildman–Crippen MR) is 67.3 cm³/mol. The third-order valence-corrected chi connectivity index (χ3v) is 3.31. The van der Waals surface area contributed by atoms with E-state index in [0.29, 0.717) is 18.7 Å². The van der Waals surface area contributed by atoms with Gasteiger partial charge in [0, 0.05) is 6.61 Å². The molecule has 1 aromatic carbocycles. The lowest BCUT2D eigenvalue weighted by Crippen LogP contribution is -2.19. The molecule has 0 amide bonds. The first-order chi connectivity index (χ1) is 8.81. The van der Waals surface area contributed by atoms with Crippen LogP contribution in [0.3, 0.4) is 0 Å². The van der Waals surface area contributed by atoms with E-state index in [0.717, 1.165) is 30.5 Å². The second-order valence-electron chi connectivity index (χ2n) is 4.80. The Morgan fingerprint density at radius 3 is 3.06 bits per heavy atom. The van der Waals surface area contributed by atoms with Crippen molar-refractivity contribution in [1.82, 2.24) is 4.98 Å². The Labute approximate surface area is 106 Å². The number of hydrogen-bond donors (Lipinski definition) is 1. The Kier molecular flexibility index (Phi) is 3.30. The number of ether oxygens (including phenoxy) is 1. The molecule has 2 heterocycles. The van der Waals surface area contributed by atoms with E-state index in [1.807, 2.05) is 24.3 Å². The van der Waals surface area contributed by atoms with Gasteiger partial charge >= 0.3 is 0 Å². The number of oxazole rings is 1. The second-order valence-corrected chi connectivity index (χ2v) is 4.80. The monoisotopic (exact) mass is 247 g/mol. The maximum Gasteiger partial charge on any atom is 0.198 e. The molecule has 1 fully saturated rings. The number of aromatic nitrogens is 1. The molecule has 2 aromatic rings. The van der Waals surface area contributed by atoms with Gasteiger partial charge in [-0.25, -0.2) is 4.98 Å². The summed E-state index contributed by atoms with van der Waals surface area (Å²) in [4.78, 5) is 4.36. The standard InChI is InChI=1S/C14H17NO3/c16-10(8-11-4-3-7-17-11)9-14-15-12-5-1-2-6-13(12)18-14/h1-2,5-6,10-11,16H,3-4,7-9H2. The van der Waals surface area contributed by atoms with Gasteiger partial charge in [-0.05, 0) is 31.4 Å². The molecular formula is C14H17NO3. The largest absolute Gasteiger partial charge is 0.441 e. The first kappa shape index (κ1) is 11.7. The highest BCUT2D eigenvalue weighted by molar-refractivity contribution is 5.72. The van der Waals surface area contributed by atoms with E-state index in [-0.39, 0.29) is 6.10 Å². The molecule has 1 aliphatic heterocycles. The van der Waals surface area contributed by atoms with Crippen LogP contribution in [-0.4, -0.2) is 28.9 Å². The summed E-state index contributed by atoms with van der Waals surface area (Å²) in [5, 5.41) is 10.0. The van der Waals surface area contributed by atoms with Gasteiger partial charge in [-0.15, -0.1) is 0 Å². The second kappa shape index (κ2) is 5.08. The van der Waals surface area contributed by atoms with Crippen molar-refractivity contribution in [2.45, 2.75) is 37.9 Å². The van der Waals surface area contributed by atoms with Gasteiger partial charge in [-0.3, -0.25) is 0 Å². The quantitative estimate of drug-likeness (QED) is 0.900. The highest BCUT2D eigenvalue weighted by atomic mass is 16.5. The minimum absolute atomic E-state index is 0.198. The maximum absolute atomic E-state index is 10.0. The van der Waals surface area contributed by atoms with E-state index in [1.54, 1.807) is 0 Å². The van der Waals surface area contributed by atoms with E-state index in [2.05, 4.69) is 4.98 Å². The molecule has 3 rings (SSSR count). The maximum atomic E-state index is 10.0. The number of rotatable bonds is 4. The van der Waals surface area contributed by atoms with Gasteiger partial charge in [0.1, 0.15) is 5.52 Å². The zero-order chi connectivity index (χ0) is 12.4. The van der Waals surface area contributed by atoms with Crippen molar-refractivity contribution in [2.24, 2.45) is 0 Å². The average Bonchev–Trinajstić information content (AvgIpc) is 2.96. The summed E-state index contributed by atoms with van der Waals surface area (Å²) in [6, 6.07) is 7.64. The van der Waals surface area contributed by atoms with Crippen molar-refractivity contribution in [3.05, 3.63) is 30.2 Å². The SMILES string of the molecule is OC(Cc1nc2ccccc2o1)CC1CCCO1.